The van der Waals surface area contributed by atoms with Crippen LogP contribution in [0.5, 0.6) is 0 Å². The van der Waals surface area contributed by atoms with Crippen molar-refractivity contribution < 1.29 is 42.1 Å². The van der Waals surface area contributed by atoms with E-state index >= 15 is 0 Å². The number of ether oxygens (including phenoxy) is 2. The van der Waals surface area contributed by atoms with Gasteiger partial charge in [0, 0.05) is 12.8 Å². The Morgan fingerprint density at radius 2 is 0.966 bits per heavy atom. The van der Waals surface area contributed by atoms with Crippen LogP contribution in [0.3, 0.4) is 0 Å². The third kappa shape index (κ3) is 45.1. The van der Waals surface area contributed by atoms with Crippen LogP contribution in [0.15, 0.2) is 60.8 Å². The summed E-state index contributed by atoms with van der Waals surface area (Å²) >= 11 is 0. The lowest BCUT2D eigenvalue weighted by Gasteiger charge is -2.24. The largest absolute Gasteiger partial charge is 0.472 e. The minimum absolute atomic E-state index is 0.0250. The first-order valence-electron chi connectivity index (χ1n) is 23.5. The van der Waals surface area contributed by atoms with Crippen molar-refractivity contribution in [2.24, 2.45) is 0 Å². The van der Waals surface area contributed by atoms with E-state index in [2.05, 4.69) is 74.6 Å². The van der Waals surface area contributed by atoms with Crippen molar-refractivity contribution in [1.82, 2.24) is 0 Å². The minimum Gasteiger partial charge on any atom is -0.462 e. The van der Waals surface area contributed by atoms with Gasteiger partial charge >= 0.3 is 19.8 Å². The molecule has 0 aliphatic rings. The molecule has 0 aliphatic carbocycles. The van der Waals surface area contributed by atoms with Gasteiger partial charge in [-0.25, -0.2) is 4.57 Å². The molecule has 0 aliphatic heterocycles. The molecule has 0 aromatic carbocycles. The molecule has 1 N–H and O–H groups in total. The smallest absolute Gasteiger partial charge is 0.462 e. The summed E-state index contributed by atoms with van der Waals surface area (Å²) in [7, 11) is 1.45. The number of likely N-dealkylation sites (N-methyl/N-ethyl adjacent to an activating group) is 1. The van der Waals surface area contributed by atoms with E-state index in [0.717, 1.165) is 103 Å². The first-order chi connectivity index (χ1) is 28.5. The molecule has 2 unspecified atom stereocenters. The van der Waals surface area contributed by atoms with Crippen molar-refractivity contribution >= 4 is 19.8 Å². The number of phosphoric ester groups is 1. The number of hydrogen-bond donors (Lipinski definition) is 1. The Bertz CT molecular complexity index is 1190. The summed E-state index contributed by atoms with van der Waals surface area (Å²) in [6, 6.07) is 0. The highest BCUT2D eigenvalue weighted by Crippen LogP contribution is 2.43. The number of nitrogens with zero attached hydrogens (tertiary/aromatic N) is 1. The number of unbranched alkanes of at least 4 members (excludes halogenated alkanes) is 18. The Morgan fingerprint density at radius 3 is 1.46 bits per heavy atom. The first kappa shape index (κ1) is 56.7. The van der Waals surface area contributed by atoms with E-state index in [0.29, 0.717) is 17.4 Å². The van der Waals surface area contributed by atoms with Gasteiger partial charge in [0.2, 0.25) is 0 Å². The van der Waals surface area contributed by atoms with Crippen LogP contribution in [-0.2, 0) is 32.7 Å². The zero-order valence-electron chi connectivity index (χ0n) is 38.5. The fraction of sp³-hybridized carbons (Fsp3) is 0.755. The second-order valence-electron chi connectivity index (χ2n) is 16.8. The quantitative estimate of drug-likeness (QED) is 0.0213. The van der Waals surface area contributed by atoms with Crippen molar-refractivity contribution in [1.29, 1.82) is 0 Å². The average molecular weight is 851 g/mol. The molecule has 0 heterocycles. The van der Waals surface area contributed by atoms with E-state index in [1.54, 1.807) is 0 Å². The SMILES string of the molecule is CC/C=C\C/C=C\C/C=C\C/C=C\CCCCCCCCC(=O)OC(COC(=O)CCCCCCC/C=C\CCCCCCCCC)COP(=O)(O)OCC[N+](C)(C)C. The average Bonchev–Trinajstić information content (AvgIpc) is 3.19. The summed E-state index contributed by atoms with van der Waals surface area (Å²) in [4.78, 5) is 35.4. The van der Waals surface area contributed by atoms with Crippen molar-refractivity contribution in [2.45, 2.75) is 193 Å². The highest BCUT2D eigenvalue weighted by Gasteiger charge is 2.27. The highest BCUT2D eigenvalue weighted by atomic mass is 31.2. The molecule has 0 rings (SSSR count). The van der Waals surface area contributed by atoms with Crippen LogP contribution in [0.2, 0.25) is 0 Å². The molecule has 9 nitrogen and oxygen atoms in total. The first-order valence-corrected chi connectivity index (χ1v) is 25.0. The highest BCUT2D eigenvalue weighted by molar-refractivity contribution is 7.47. The Hall–Kier alpha value is -2.29. The molecule has 0 fully saturated rings. The molecular weight excluding hydrogens is 762 g/mol. The van der Waals surface area contributed by atoms with E-state index < -0.39 is 26.5 Å². The Kier molecular flexibility index (Phi) is 39.5. The molecule has 0 saturated heterocycles. The number of allylic oxidation sites excluding steroid dienone is 10. The second-order valence-corrected chi connectivity index (χ2v) is 18.2. The zero-order chi connectivity index (χ0) is 43.6. The topological polar surface area (TPSA) is 108 Å². The Morgan fingerprint density at radius 1 is 0.542 bits per heavy atom. The van der Waals surface area contributed by atoms with Gasteiger partial charge in [0.25, 0.3) is 0 Å². The van der Waals surface area contributed by atoms with Gasteiger partial charge in [-0.1, -0.05) is 158 Å². The fourth-order valence-corrected chi connectivity index (χ4v) is 6.86. The molecule has 0 aromatic heterocycles. The van der Waals surface area contributed by atoms with Crippen LogP contribution in [0.4, 0.5) is 0 Å². The summed E-state index contributed by atoms with van der Waals surface area (Å²) < 4.78 is 34.4. The van der Waals surface area contributed by atoms with Crippen LogP contribution >= 0.6 is 7.82 Å². The Balaban J connectivity index is 4.37. The lowest BCUT2D eigenvalue weighted by molar-refractivity contribution is -0.870. The van der Waals surface area contributed by atoms with Crippen molar-refractivity contribution in [3.63, 3.8) is 0 Å². The van der Waals surface area contributed by atoms with E-state index in [4.69, 9.17) is 18.5 Å². The molecular formula is C49H89NO8P+. The number of rotatable bonds is 42. The number of phosphoric acid groups is 1. The fourth-order valence-electron chi connectivity index (χ4n) is 6.12. The number of quaternary nitrogens is 1. The molecule has 10 heteroatoms. The summed E-state index contributed by atoms with van der Waals surface area (Å²) in [5.74, 6) is -0.826. The molecule has 0 saturated carbocycles. The monoisotopic (exact) mass is 851 g/mol. The van der Waals surface area contributed by atoms with Gasteiger partial charge in [-0.05, 0) is 77.0 Å². The van der Waals surface area contributed by atoms with Gasteiger partial charge in [0.15, 0.2) is 6.10 Å². The van der Waals surface area contributed by atoms with Gasteiger partial charge in [-0.3, -0.25) is 18.6 Å². The molecule has 59 heavy (non-hydrogen) atoms. The maximum Gasteiger partial charge on any atom is 0.472 e. The number of carbonyl (C=O) groups is 2. The lowest BCUT2D eigenvalue weighted by Crippen LogP contribution is -2.37. The van der Waals surface area contributed by atoms with Gasteiger partial charge < -0.3 is 18.9 Å². The third-order valence-electron chi connectivity index (χ3n) is 9.78. The van der Waals surface area contributed by atoms with Crippen LogP contribution < -0.4 is 0 Å². The number of carbonyl (C=O) groups excluding carboxylic acids is 2. The van der Waals surface area contributed by atoms with Crippen LogP contribution in [0.25, 0.3) is 0 Å². The van der Waals surface area contributed by atoms with Gasteiger partial charge in [-0.15, -0.1) is 0 Å². The van der Waals surface area contributed by atoms with Crippen LogP contribution in [0, 0.1) is 0 Å². The summed E-state index contributed by atoms with van der Waals surface area (Å²) in [6.45, 7) is 4.28. The van der Waals surface area contributed by atoms with Gasteiger partial charge in [0.1, 0.15) is 19.8 Å². The van der Waals surface area contributed by atoms with Crippen LogP contribution in [0.1, 0.15) is 187 Å². The zero-order valence-corrected chi connectivity index (χ0v) is 39.4. The van der Waals surface area contributed by atoms with E-state index in [-0.39, 0.29) is 32.0 Å². The number of esters is 2. The lowest BCUT2D eigenvalue weighted by atomic mass is 10.1. The molecule has 2 atom stereocenters. The summed E-state index contributed by atoms with van der Waals surface area (Å²) in [6.07, 6.45) is 49.8. The summed E-state index contributed by atoms with van der Waals surface area (Å²) in [5, 5.41) is 0. The second kappa shape index (κ2) is 41.1. The molecule has 0 bridgehead atoms. The molecule has 0 aromatic rings. The molecule has 0 spiro atoms. The molecule has 342 valence electrons. The van der Waals surface area contributed by atoms with Gasteiger partial charge in [-0.2, -0.15) is 0 Å². The van der Waals surface area contributed by atoms with Crippen molar-refractivity contribution in [3.05, 3.63) is 60.8 Å². The minimum atomic E-state index is -4.39. The molecule has 0 radical (unpaired) electrons. The molecule has 0 amide bonds. The maximum atomic E-state index is 12.7. The normalized spacial score (nSPS) is 14.1. The van der Waals surface area contributed by atoms with Crippen molar-refractivity contribution in [2.75, 3.05) is 47.5 Å². The Labute approximate surface area is 362 Å². The predicted molar refractivity (Wildman–Crippen MR) is 247 cm³/mol. The predicted octanol–water partition coefficient (Wildman–Crippen LogP) is 13.6. The third-order valence-corrected chi connectivity index (χ3v) is 10.8. The summed E-state index contributed by atoms with van der Waals surface area (Å²) in [5.41, 5.74) is 0. The standard InChI is InChI=1S/C49H88NO8P/c1-6-8-10-12-14-16-18-20-22-24-25-26-28-30-32-34-36-38-40-42-49(52)58-47(46-57-59(53,54)56-44-43-50(3,4)5)45-55-48(51)41-39-37-35-33-31-29-27-23-21-19-17-15-13-11-9-7-2/h8,10,14,16,20,22-23,25-27,47H,6-7,9,11-13,15,17-19,21,24,28-46H2,1-5H3/p+1/b10-8-,16-14-,22-20-,26-25-,27-23-. The van der Waals surface area contributed by atoms with E-state index in [1.165, 1.54) is 51.4 Å². The maximum absolute atomic E-state index is 12.7. The number of hydrogen-bond acceptors (Lipinski definition) is 7. The van der Waals surface area contributed by atoms with Gasteiger partial charge in [0.05, 0.1) is 27.7 Å². The van der Waals surface area contributed by atoms with E-state index in [9.17, 15) is 19.0 Å². The van der Waals surface area contributed by atoms with E-state index in [1.807, 2.05) is 21.1 Å². The van der Waals surface area contributed by atoms with Crippen LogP contribution in [-0.4, -0.2) is 74.9 Å². The van der Waals surface area contributed by atoms with Crippen molar-refractivity contribution in [3.8, 4) is 0 Å².